The van der Waals surface area contributed by atoms with Crippen LogP contribution in [0.4, 0.5) is 14.7 Å². The van der Waals surface area contributed by atoms with Crippen LogP contribution in [0.1, 0.15) is 23.7 Å². The van der Waals surface area contributed by atoms with Gasteiger partial charge in [0.15, 0.2) is 5.84 Å². The van der Waals surface area contributed by atoms with Gasteiger partial charge in [0.2, 0.25) is 5.95 Å². The Hall–Kier alpha value is -4.45. The number of aromatic nitrogens is 5. The predicted molar refractivity (Wildman–Crippen MR) is 135 cm³/mol. The van der Waals surface area contributed by atoms with Crippen LogP contribution < -0.4 is 4.90 Å². The minimum Gasteiger partial charge on any atom is -0.380 e. The van der Waals surface area contributed by atoms with Gasteiger partial charge in [-0.15, -0.1) is 0 Å². The zero-order chi connectivity index (χ0) is 26.0. The van der Waals surface area contributed by atoms with Crippen LogP contribution in [0.15, 0.2) is 60.2 Å². The lowest BCUT2D eigenvalue weighted by Gasteiger charge is -2.36. The highest BCUT2D eigenvalue weighted by Gasteiger charge is 2.30. The van der Waals surface area contributed by atoms with Crippen molar-refractivity contribution in [2.45, 2.75) is 12.5 Å². The fourth-order valence-electron chi connectivity index (χ4n) is 4.38. The molecule has 4 heterocycles. The Morgan fingerprint density at radius 1 is 1.08 bits per heavy atom. The molecule has 0 spiro atoms. The van der Waals surface area contributed by atoms with Crippen molar-refractivity contribution >= 4 is 18.1 Å². The lowest BCUT2D eigenvalue weighted by molar-refractivity contribution is 0.0970. The monoisotopic (exact) mass is 505 g/mol. The molecule has 0 bridgehead atoms. The molecule has 1 aromatic carbocycles. The standard InChI is InChI=1S/C25H25F2N9O/c1-25(37,20-3-2-19(26)9-21(20)27)18-13-30-24(31-14-18)36-6-4-35(5-7-36)23(32-15-28)22-8-16(10-29-22)17-11-33-34-12-17/h2-3,8-15,28-29,37H,4-7H2,1H3,(H,33,34)/b28-15?,32-23+/t25-/m0/s1. The third kappa shape index (κ3) is 4.83. The second-order valence-electron chi connectivity index (χ2n) is 8.81. The van der Waals surface area contributed by atoms with Crippen LogP contribution in [0, 0.1) is 17.0 Å². The quantitative estimate of drug-likeness (QED) is 0.235. The number of rotatable bonds is 6. The summed E-state index contributed by atoms with van der Waals surface area (Å²) in [6.45, 7) is 3.87. The van der Waals surface area contributed by atoms with E-state index < -0.39 is 17.2 Å². The number of benzene rings is 1. The van der Waals surface area contributed by atoms with Gasteiger partial charge < -0.3 is 19.9 Å². The SMILES string of the molecule is C[C@](O)(c1cnc(N2CCN(/C(=N/C=N)c3cc(-c4cn[nH]c4)c[nH]3)CC2)nc1)c1ccc(F)cc1F. The fourth-order valence-corrected chi connectivity index (χ4v) is 4.38. The third-order valence-corrected chi connectivity index (χ3v) is 6.46. The van der Waals surface area contributed by atoms with Gasteiger partial charge in [0.25, 0.3) is 0 Å². The first-order valence-electron chi connectivity index (χ1n) is 11.6. The van der Waals surface area contributed by atoms with Crippen molar-refractivity contribution in [2.24, 2.45) is 4.99 Å². The minimum absolute atomic E-state index is 0.0582. The average Bonchev–Trinajstić information content (AvgIpc) is 3.60. The van der Waals surface area contributed by atoms with Crippen molar-refractivity contribution < 1.29 is 13.9 Å². The number of hydrogen-bond donors (Lipinski definition) is 4. The van der Waals surface area contributed by atoms with E-state index in [1.165, 1.54) is 25.4 Å². The van der Waals surface area contributed by atoms with Crippen LogP contribution in [0.3, 0.4) is 0 Å². The van der Waals surface area contributed by atoms with Crippen LogP contribution in [0.2, 0.25) is 0 Å². The largest absolute Gasteiger partial charge is 0.380 e. The molecule has 37 heavy (non-hydrogen) atoms. The number of piperazine rings is 1. The number of amidine groups is 1. The van der Waals surface area contributed by atoms with Gasteiger partial charge in [-0.3, -0.25) is 10.5 Å². The van der Waals surface area contributed by atoms with E-state index in [-0.39, 0.29) is 5.56 Å². The summed E-state index contributed by atoms with van der Waals surface area (Å²) in [6, 6.07) is 5.02. The van der Waals surface area contributed by atoms with Gasteiger partial charge in [-0.2, -0.15) is 5.10 Å². The number of aliphatic imine (C=N–C) groups is 1. The highest BCUT2D eigenvalue weighted by Crippen LogP contribution is 2.31. The Bertz CT molecular complexity index is 1410. The van der Waals surface area contributed by atoms with E-state index in [1.807, 2.05) is 17.2 Å². The summed E-state index contributed by atoms with van der Waals surface area (Å²) in [5.74, 6) is -0.415. The van der Waals surface area contributed by atoms with Gasteiger partial charge in [-0.1, -0.05) is 0 Å². The molecule has 4 N–H and O–H groups in total. The van der Waals surface area contributed by atoms with E-state index in [9.17, 15) is 13.9 Å². The molecule has 5 rings (SSSR count). The minimum atomic E-state index is -1.72. The first-order valence-corrected chi connectivity index (χ1v) is 11.6. The molecule has 1 aliphatic rings. The Kier molecular flexibility index (Phi) is 6.49. The number of hydrogen-bond acceptors (Lipinski definition) is 6. The summed E-state index contributed by atoms with van der Waals surface area (Å²) in [4.78, 5) is 20.4. The number of aromatic amines is 2. The molecular weight excluding hydrogens is 480 g/mol. The molecule has 12 heteroatoms. The van der Waals surface area contributed by atoms with Crippen molar-refractivity contribution in [2.75, 3.05) is 31.1 Å². The van der Waals surface area contributed by atoms with Crippen LogP contribution >= 0.6 is 0 Å². The zero-order valence-corrected chi connectivity index (χ0v) is 20.0. The average molecular weight is 506 g/mol. The highest BCUT2D eigenvalue weighted by molar-refractivity contribution is 6.01. The summed E-state index contributed by atoms with van der Waals surface area (Å²) >= 11 is 0. The molecule has 0 radical (unpaired) electrons. The van der Waals surface area contributed by atoms with Gasteiger partial charge in [-0.05, 0) is 25.1 Å². The maximum absolute atomic E-state index is 14.3. The Labute approximate surface area is 211 Å². The molecular formula is C25H25F2N9O. The highest BCUT2D eigenvalue weighted by atomic mass is 19.1. The molecule has 190 valence electrons. The number of anilines is 1. The normalized spacial score (nSPS) is 16.1. The molecule has 4 aromatic rings. The molecule has 1 aliphatic heterocycles. The van der Waals surface area contributed by atoms with Gasteiger partial charge in [0.05, 0.1) is 11.9 Å². The maximum atomic E-state index is 14.3. The Morgan fingerprint density at radius 2 is 1.84 bits per heavy atom. The van der Waals surface area contributed by atoms with Crippen molar-refractivity contribution in [3.05, 3.63) is 83.7 Å². The zero-order valence-electron chi connectivity index (χ0n) is 20.0. The van der Waals surface area contributed by atoms with E-state index in [4.69, 9.17) is 5.41 Å². The Morgan fingerprint density at radius 3 is 2.49 bits per heavy atom. The van der Waals surface area contributed by atoms with Crippen LogP contribution in [0.25, 0.3) is 11.1 Å². The van der Waals surface area contributed by atoms with Crippen LogP contribution in [-0.2, 0) is 5.60 Å². The second-order valence-corrected chi connectivity index (χ2v) is 8.81. The van der Waals surface area contributed by atoms with Crippen LogP contribution in [-0.4, -0.2) is 73.5 Å². The lowest BCUT2D eigenvalue weighted by Crippen LogP contribution is -2.49. The molecule has 0 unspecified atom stereocenters. The summed E-state index contributed by atoms with van der Waals surface area (Å²) in [7, 11) is 0. The number of nitrogens with one attached hydrogen (secondary N) is 3. The van der Waals surface area contributed by atoms with E-state index in [2.05, 4.69) is 35.0 Å². The molecule has 0 amide bonds. The topological polar surface area (TPSA) is 133 Å². The molecule has 0 saturated carbocycles. The van der Waals surface area contributed by atoms with Gasteiger partial charge in [0.1, 0.15) is 23.6 Å². The van der Waals surface area contributed by atoms with Crippen molar-refractivity contribution in [1.82, 2.24) is 30.0 Å². The van der Waals surface area contributed by atoms with Gasteiger partial charge in [-0.25, -0.2) is 23.7 Å². The van der Waals surface area contributed by atoms with Crippen molar-refractivity contribution in [3.63, 3.8) is 0 Å². The molecule has 0 aliphatic carbocycles. The number of nitrogens with zero attached hydrogens (tertiary/aromatic N) is 6. The smallest absolute Gasteiger partial charge is 0.225 e. The number of H-pyrrole nitrogens is 2. The van der Waals surface area contributed by atoms with E-state index in [0.29, 0.717) is 43.5 Å². The third-order valence-electron chi connectivity index (χ3n) is 6.46. The summed E-state index contributed by atoms with van der Waals surface area (Å²) in [5.41, 5.74) is 1.22. The van der Waals surface area contributed by atoms with Gasteiger partial charge in [0, 0.05) is 79.3 Å². The molecule has 10 nitrogen and oxygen atoms in total. The molecule has 1 fully saturated rings. The van der Waals surface area contributed by atoms with E-state index in [1.54, 1.807) is 12.4 Å². The van der Waals surface area contributed by atoms with Crippen molar-refractivity contribution in [3.8, 4) is 11.1 Å². The maximum Gasteiger partial charge on any atom is 0.225 e. The number of halogens is 2. The Balaban J connectivity index is 1.27. The second kappa shape index (κ2) is 9.90. The van der Waals surface area contributed by atoms with E-state index in [0.717, 1.165) is 35.3 Å². The van der Waals surface area contributed by atoms with E-state index >= 15 is 0 Å². The van der Waals surface area contributed by atoms with Crippen molar-refractivity contribution in [1.29, 1.82) is 5.41 Å². The summed E-state index contributed by atoms with van der Waals surface area (Å²) < 4.78 is 27.6. The van der Waals surface area contributed by atoms with Crippen LogP contribution in [0.5, 0.6) is 0 Å². The molecule has 1 atom stereocenters. The molecule has 1 saturated heterocycles. The fraction of sp³-hybridized carbons (Fsp3) is 0.240. The number of aliphatic hydroxyl groups is 1. The first kappa shape index (κ1) is 24.3. The summed E-state index contributed by atoms with van der Waals surface area (Å²) in [5, 5.41) is 25.2. The summed E-state index contributed by atoms with van der Waals surface area (Å²) in [6.07, 6.45) is 9.35. The van der Waals surface area contributed by atoms with Gasteiger partial charge >= 0.3 is 0 Å². The predicted octanol–water partition coefficient (Wildman–Crippen LogP) is 2.90. The first-order chi connectivity index (χ1) is 17.9. The molecule has 3 aromatic heterocycles. The lowest BCUT2D eigenvalue weighted by atomic mass is 9.89.